The largest absolute Gasteiger partial charge is 0.593 e. The number of rotatable bonds is 2. The topological polar surface area (TPSA) is 76.6 Å². The van der Waals surface area contributed by atoms with Crippen molar-refractivity contribution in [3.63, 3.8) is 0 Å². The Morgan fingerprint density at radius 1 is 1.23 bits per heavy atom. The molecule has 136 valence electrons. The molecular formula is C18H18ClN3O3S. The minimum absolute atomic E-state index is 0.107. The lowest BCUT2D eigenvalue weighted by atomic mass is 9.72. The standard InChI is InChI=1S/C18H18ClN3O3S/c1-26(24,25)22-12-18(8-13-4-2-3-5-15(13)22)10-21(11-18)17(23)14-6-7-16(19)20-9-14/h2-7,9H,8,10-12H2,1H3. The first kappa shape index (κ1) is 17.5. The number of likely N-dealkylation sites (tertiary alicyclic amines) is 1. The fourth-order valence-corrected chi connectivity index (χ4v) is 5.01. The van der Waals surface area contributed by atoms with Crippen LogP contribution in [0.3, 0.4) is 0 Å². The zero-order valence-corrected chi connectivity index (χ0v) is 15.8. The minimum atomic E-state index is -3.38. The molecule has 0 N–H and O–H groups in total. The number of hydrogen-bond donors (Lipinski definition) is 0. The quantitative estimate of drug-likeness (QED) is 0.582. The lowest BCUT2D eigenvalue weighted by molar-refractivity contribution is 0.00907. The van der Waals surface area contributed by atoms with Crippen molar-refractivity contribution in [3.05, 3.63) is 58.9 Å². The maximum absolute atomic E-state index is 12.6. The average Bonchev–Trinajstić information content (AvgIpc) is 2.58. The number of carbonyl (C=O) groups excluding carboxylic acids is 1. The van der Waals surface area contributed by atoms with Crippen molar-refractivity contribution in [1.29, 1.82) is 0 Å². The molecule has 1 saturated heterocycles. The number of aromatic nitrogens is 1. The Morgan fingerprint density at radius 3 is 2.62 bits per heavy atom. The van der Waals surface area contributed by atoms with E-state index in [1.807, 2.05) is 24.3 Å². The Labute approximate surface area is 158 Å². The number of pyridine rings is 1. The van der Waals surface area contributed by atoms with Gasteiger partial charge in [-0.05, 0) is 30.2 Å². The third-order valence-electron chi connectivity index (χ3n) is 5.02. The summed E-state index contributed by atoms with van der Waals surface area (Å²) in [5, 5.41) is 0.342. The van der Waals surface area contributed by atoms with Gasteiger partial charge in [-0.25, -0.2) is 4.98 Å². The van der Waals surface area contributed by atoms with E-state index in [1.54, 1.807) is 17.0 Å². The highest BCUT2D eigenvalue weighted by Gasteiger charge is 2.51. The van der Waals surface area contributed by atoms with E-state index in [2.05, 4.69) is 4.98 Å². The summed E-state index contributed by atoms with van der Waals surface area (Å²) in [5.41, 5.74) is 1.99. The number of benzene rings is 1. The molecule has 1 aromatic carbocycles. The molecule has 4 rings (SSSR count). The Bertz CT molecular complexity index is 906. The molecule has 1 aromatic heterocycles. The normalized spacial score (nSPS) is 20.3. The summed E-state index contributed by atoms with van der Waals surface area (Å²) in [6, 6.07) is 10.8. The van der Waals surface area contributed by atoms with Crippen molar-refractivity contribution in [2.45, 2.75) is 6.42 Å². The van der Waals surface area contributed by atoms with Crippen LogP contribution in [0.25, 0.3) is 0 Å². The lowest BCUT2D eigenvalue weighted by Crippen LogP contribution is -2.65. The number of halogens is 1. The molecular weight excluding hydrogens is 374 g/mol. The average molecular weight is 392 g/mol. The maximum atomic E-state index is 12.6. The van der Waals surface area contributed by atoms with Crippen LogP contribution >= 0.6 is 11.6 Å². The summed E-state index contributed by atoms with van der Waals surface area (Å²) in [6.45, 7) is 1.44. The van der Waals surface area contributed by atoms with Gasteiger partial charge in [0.25, 0.3) is 5.91 Å². The third kappa shape index (κ3) is 3.00. The SMILES string of the molecule is C[S+](=O)([O-])N1CC2(Cc3ccccc31)CN(C(=O)c1ccc(Cl)nc1)C2. The number of carbonyl (C=O) groups is 1. The van der Waals surface area contributed by atoms with Crippen LogP contribution in [0.4, 0.5) is 5.69 Å². The van der Waals surface area contributed by atoms with Crippen LogP contribution in [-0.4, -0.2) is 46.2 Å². The van der Waals surface area contributed by atoms with Crippen LogP contribution in [-0.2, 0) is 21.0 Å². The molecule has 1 spiro atoms. The van der Waals surface area contributed by atoms with Crippen molar-refractivity contribution in [2.75, 3.05) is 30.2 Å². The molecule has 0 saturated carbocycles. The Balaban J connectivity index is 1.56. The number of sulfonamides is 1. The first-order valence-corrected chi connectivity index (χ1v) is 10.5. The highest BCUT2D eigenvalue weighted by molar-refractivity contribution is 7.98. The number of para-hydroxylation sites is 1. The van der Waals surface area contributed by atoms with Gasteiger partial charge in [0.2, 0.25) is 0 Å². The second-order valence-electron chi connectivity index (χ2n) is 7.11. The molecule has 1 amide bonds. The van der Waals surface area contributed by atoms with Gasteiger partial charge in [0.15, 0.2) is 0 Å². The molecule has 2 aliphatic heterocycles. The highest BCUT2D eigenvalue weighted by atomic mass is 35.5. The first-order valence-electron chi connectivity index (χ1n) is 8.24. The molecule has 3 heterocycles. The van der Waals surface area contributed by atoms with E-state index in [1.165, 1.54) is 16.8 Å². The molecule has 26 heavy (non-hydrogen) atoms. The van der Waals surface area contributed by atoms with Gasteiger partial charge >= 0.3 is 0 Å². The van der Waals surface area contributed by atoms with Gasteiger partial charge in [0.05, 0.1) is 17.8 Å². The van der Waals surface area contributed by atoms with Crippen LogP contribution in [0.2, 0.25) is 5.15 Å². The summed E-state index contributed by atoms with van der Waals surface area (Å²) in [6.07, 6.45) is 3.45. The van der Waals surface area contributed by atoms with E-state index in [9.17, 15) is 13.6 Å². The Morgan fingerprint density at radius 2 is 1.96 bits per heavy atom. The molecule has 1 atom stereocenters. The van der Waals surface area contributed by atoms with Crippen LogP contribution in [0.15, 0.2) is 42.6 Å². The molecule has 8 heteroatoms. The number of fused-ring (bicyclic) bond motifs is 1. The highest BCUT2D eigenvalue weighted by Crippen LogP contribution is 2.44. The summed E-state index contributed by atoms with van der Waals surface area (Å²) < 4.78 is 26.0. The van der Waals surface area contributed by atoms with Crippen LogP contribution in [0, 0.1) is 5.41 Å². The molecule has 0 aliphatic carbocycles. The van der Waals surface area contributed by atoms with E-state index >= 15 is 0 Å². The van der Waals surface area contributed by atoms with Crippen molar-refractivity contribution < 1.29 is 13.6 Å². The second kappa shape index (κ2) is 6.04. The van der Waals surface area contributed by atoms with Gasteiger partial charge in [-0.3, -0.25) is 4.79 Å². The number of amides is 1. The van der Waals surface area contributed by atoms with Gasteiger partial charge in [-0.2, -0.15) is 4.31 Å². The van der Waals surface area contributed by atoms with Crippen molar-refractivity contribution in [2.24, 2.45) is 5.41 Å². The summed E-state index contributed by atoms with van der Waals surface area (Å²) in [5.74, 6) is -0.107. The van der Waals surface area contributed by atoms with E-state index in [4.69, 9.17) is 11.6 Å². The predicted octanol–water partition coefficient (Wildman–Crippen LogP) is 2.41. The third-order valence-corrected chi connectivity index (χ3v) is 6.37. The predicted molar refractivity (Wildman–Crippen MR) is 99.8 cm³/mol. The van der Waals surface area contributed by atoms with Crippen LogP contribution in [0.5, 0.6) is 0 Å². The fourth-order valence-electron chi connectivity index (χ4n) is 3.85. The summed E-state index contributed by atoms with van der Waals surface area (Å²) >= 11 is 5.77. The van der Waals surface area contributed by atoms with E-state index in [0.717, 1.165) is 17.7 Å². The van der Waals surface area contributed by atoms with Gasteiger partial charge in [0.1, 0.15) is 21.8 Å². The zero-order chi connectivity index (χ0) is 18.5. The van der Waals surface area contributed by atoms with Gasteiger partial charge in [-0.1, -0.05) is 34.0 Å². The molecule has 2 aromatic rings. The molecule has 0 radical (unpaired) electrons. The molecule has 6 nitrogen and oxygen atoms in total. The zero-order valence-electron chi connectivity index (χ0n) is 14.2. The molecule has 1 unspecified atom stereocenters. The van der Waals surface area contributed by atoms with Gasteiger partial charge < -0.3 is 9.45 Å². The Kier molecular flexibility index (Phi) is 4.06. The number of nitrogens with zero attached hydrogens (tertiary/aromatic N) is 3. The monoisotopic (exact) mass is 391 g/mol. The van der Waals surface area contributed by atoms with Gasteiger partial charge in [-0.15, -0.1) is 0 Å². The fraction of sp³-hybridized carbons (Fsp3) is 0.333. The number of anilines is 1. The smallest absolute Gasteiger partial charge is 0.255 e. The van der Waals surface area contributed by atoms with Crippen molar-refractivity contribution in [1.82, 2.24) is 9.88 Å². The van der Waals surface area contributed by atoms with Gasteiger partial charge in [0, 0.05) is 24.7 Å². The van der Waals surface area contributed by atoms with E-state index in [-0.39, 0.29) is 11.3 Å². The maximum Gasteiger partial charge on any atom is 0.255 e. The van der Waals surface area contributed by atoms with Crippen LogP contribution < -0.4 is 4.31 Å². The van der Waals surface area contributed by atoms with E-state index in [0.29, 0.717) is 30.4 Å². The molecule has 0 bridgehead atoms. The summed E-state index contributed by atoms with van der Waals surface area (Å²) in [7, 11) is -3.38. The lowest BCUT2D eigenvalue weighted by Gasteiger charge is -2.54. The Hall–Kier alpha value is -1.96. The number of hydrogen-bond acceptors (Lipinski definition) is 4. The minimum Gasteiger partial charge on any atom is -0.593 e. The van der Waals surface area contributed by atoms with Crippen molar-refractivity contribution in [3.8, 4) is 0 Å². The second-order valence-corrected chi connectivity index (χ2v) is 9.40. The molecule has 2 aliphatic rings. The van der Waals surface area contributed by atoms with Crippen LogP contribution in [0.1, 0.15) is 15.9 Å². The first-order chi connectivity index (χ1) is 12.3. The molecule has 1 fully saturated rings. The summed E-state index contributed by atoms with van der Waals surface area (Å²) in [4.78, 5) is 18.3. The van der Waals surface area contributed by atoms with Crippen molar-refractivity contribution >= 4 is 33.6 Å². The van der Waals surface area contributed by atoms with E-state index < -0.39 is 10.4 Å².